The lowest BCUT2D eigenvalue weighted by molar-refractivity contribution is 0.0522. The highest BCUT2D eigenvalue weighted by atomic mass is 16.6. The van der Waals surface area contributed by atoms with Gasteiger partial charge in [-0.15, -0.1) is 0 Å². The quantitative estimate of drug-likeness (QED) is 0.894. The Balaban J connectivity index is 1.82. The predicted octanol–water partition coefficient (Wildman–Crippen LogP) is 2.66. The number of carbonyl (C=O) groups is 2. The minimum absolute atomic E-state index is 0.113. The SMILES string of the molecule is CC(C)(C)OC(=O)N[C@@H]1C[C@H]1c1ccc(COC(N)=O)cc1. The highest BCUT2D eigenvalue weighted by Crippen LogP contribution is 2.40. The van der Waals surface area contributed by atoms with Gasteiger partial charge < -0.3 is 20.5 Å². The standard InChI is InChI=1S/C16H22N2O4/c1-16(2,3)22-15(20)18-13-8-12(13)11-6-4-10(5-7-11)9-21-14(17)19/h4-7,12-13H,8-9H2,1-3H3,(H2,17,19)(H,18,20)/t12-,13+/m0/s1. The molecule has 6 nitrogen and oxygen atoms in total. The monoisotopic (exact) mass is 306 g/mol. The lowest BCUT2D eigenvalue weighted by atomic mass is 10.1. The van der Waals surface area contributed by atoms with Gasteiger partial charge in [-0.2, -0.15) is 0 Å². The zero-order valence-electron chi connectivity index (χ0n) is 13.1. The van der Waals surface area contributed by atoms with Gasteiger partial charge in [0.15, 0.2) is 0 Å². The first-order valence-electron chi connectivity index (χ1n) is 7.25. The fraction of sp³-hybridized carbons (Fsp3) is 0.500. The third kappa shape index (κ3) is 4.95. The van der Waals surface area contributed by atoms with Crippen LogP contribution < -0.4 is 11.1 Å². The van der Waals surface area contributed by atoms with Crippen LogP contribution in [0.3, 0.4) is 0 Å². The molecule has 0 radical (unpaired) electrons. The van der Waals surface area contributed by atoms with E-state index >= 15 is 0 Å². The molecule has 0 saturated heterocycles. The van der Waals surface area contributed by atoms with Crippen LogP contribution in [-0.2, 0) is 16.1 Å². The van der Waals surface area contributed by atoms with Crippen molar-refractivity contribution in [3.05, 3.63) is 35.4 Å². The molecule has 0 unspecified atom stereocenters. The molecule has 2 amide bonds. The molecule has 22 heavy (non-hydrogen) atoms. The Morgan fingerprint density at radius 1 is 1.27 bits per heavy atom. The smallest absolute Gasteiger partial charge is 0.407 e. The van der Waals surface area contributed by atoms with Gasteiger partial charge in [-0.05, 0) is 38.3 Å². The van der Waals surface area contributed by atoms with E-state index in [1.165, 1.54) is 0 Å². The van der Waals surface area contributed by atoms with Crippen LogP contribution in [0.15, 0.2) is 24.3 Å². The second-order valence-electron chi connectivity index (χ2n) is 6.44. The Labute approximate surface area is 130 Å². The first kappa shape index (κ1) is 16.1. The Hall–Kier alpha value is -2.24. The second kappa shape index (κ2) is 6.25. The number of nitrogens with one attached hydrogen (secondary N) is 1. The summed E-state index contributed by atoms with van der Waals surface area (Å²) in [5.41, 5.74) is 6.45. The van der Waals surface area contributed by atoms with Crippen LogP contribution in [0, 0.1) is 0 Å². The molecule has 1 aromatic rings. The molecule has 0 heterocycles. The molecule has 1 aliphatic carbocycles. The van der Waals surface area contributed by atoms with E-state index in [1.807, 2.05) is 45.0 Å². The van der Waals surface area contributed by atoms with Gasteiger partial charge in [-0.1, -0.05) is 24.3 Å². The molecular weight excluding hydrogens is 284 g/mol. The van der Waals surface area contributed by atoms with Crippen molar-refractivity contribution < 1.29 is 19.1 Å². The second-order valence-corrected chi connectivity index (χ2v) is 6.44. The predicted molar refractivity (Wildman–Crippen MR) is 81.3 cm³/mol. The number of nitrogens with two attached hydrogens (primary N) is 1. The largest absolute Gasteiger partial charge is 0.445 e. The molecule has 1 aliphatic rings. The van der Waals surface area contributed by atoms with Crippen LogP contribution >= 0.6 is 0 Å². The maximum atomic E-state index is 11.7. The summed E-state index contributed by atoms with van der Waals surface area (Å²) in [6.07, 6.45) is -0.268. The third-order valence-electron chi connectivity index (χ3n) is 3.28. The summed E-state index contributed by atoms with van der Waals surface area (Å²) in [4.78, 5) is 22.2. The number of hydrogen-bond donors (Lipinski definition) is 2. The summed E-state index contributed by atoms with van der Waals surface area (Å²) in [6.45, 7) is 5.68. The van der Waals surface area contributed by atoms with Gasteiger partial charge in [-0.25, -0.2) is 9.59 Å². The van der Waals surface area contributed by atoms with Gasteiger partial charge in [0.05, 0.1) is 0 Å². The van der Waals surface area contributed by atoms with Crippen LogP contribution in [0.1, 0.15) is 44.2 Å². The Morgan fingerprint density at radius 3 is 2.45 bits per heavy atom. The molecule has 0 aromatic heterocycles. The number of alkyl carbamates (subject to hydrolysis) is 1. The van der Waals surface area contributed by atoms with Crippen LogP contribution in [0.25, 0.3) is 0 Å². The summed E-state index contributed by atoms with van der Waals surface area (Å²) in [6, 6.07) is 7.84. The van der Waals surface area contributed by atoms with Crippen molar-refractivity contribution in [1.29, 1.82) is 0 Å². The summed E-state index contributed by atoms with van der Waals surface area (Å²) in [5.74, 6) is 0.304. The highest BCUT2D eigenvalue weighted by molar-refractivity contribution is 5.69. The molecule has 1 saturated carbocycles. The van der Waals surface area contributed by atoms with Crippen molar-refractivity contribution >= 4 is 12.2 Å². The molecule has 3 N–H and O–H groups in total. The third-order valence-corrected chi connectivity index (χ3v) is 3.28. The zero-order valence-corrected chi connectivity index (χ0v) is 13.1. The summed E-state index contributed by atoms with van der Waals surface area (Å²) in [5, 5.41) is 2.87. The Bertz CT molecular complexity index is 548. The van der Waals surface area contributed by atoms with E-state index in [4.69, 9.17) is 15.2 Å². The van der Waals surface area contributed by atoms with Gasteiger partial charge in [-0.3, -0.25) is 0 Å². The molecule has 6 heteroatoms. The topological polar surface area (TPSA) is 90.7 Å². The fourth-order valence-corrected chi connectivity index (χ4v) is 2.20. The lowest BCUT2D eigenvalue weighted by Gasteiger charge is -2.19. The number of primary amides is 1. The zero-order chi connectivity index (χ0) is 16.3. The highest BCUT2D eigenvalue weighted by Gasteiger charge is 2.40. The molecule has 0 aliphatic heterocycles. The van der Waals surface area contributed by atoms with Gasteiger partial charge in [0.25, 0.3) is 0 Å². The van der Waals surface area contributed by atoms with Crippen molar-refractivity contribution in [1.82, 2.24) is 5.32 Å². The summed E-state index contributed by atoms with van der Waals surface area (Å²) < 4.78 is 9.97. The number of ether oxygens (including phenoxy) is 2. The molecule has 2 rings (SSSR count). The number of rotatable bonds is 4. The average Bonchev–Trinajstić information content (AvgIpc) is 3.13. The van der Waals surface area contributed by atoms with Gasteiger partial charge >= 0.3 is 12.2 Å². The molecule has 1 aromatic carbocycles. The van der Waals surface area contributed by atoms with Gasteiger partial charge in [0, 0.05) is 12.0 Å². The van der Waals surface area contributed by atoms with Crippen LogP contribution in [0.2, 0.25) is 0 Å². The van der Waals surface area contributed by atoms with Crippen LogP contribution in [-0.4, -0.2) is 23.8 Å². The molecule has 0 spiro atoms. The van der Waals surface area contributed by atoms with E-state index in [0.29, 0.717) is 5.92 Å². The molecule has 0 bridgehead atoms. The van der Waals surface area contributed by atoms with E-state index < -0.39 is 11.7 Å². The number of carbonyl (C=O) groups excluding carboxylic acids is 2. The number of amides is 2. The van der Waals surface area contributed by atoms with Crippen LogP contribution in [0.5, 0.6) is 0 Å². The normalized spacial score (nSPS) is 20.1. The van der Waals surface area contributed by atoms with E-state index in [-0.39, 0.29) is 18.7 Å². The lowest BCUT2D eigenvalue weighted by Crippen LogP contribution is -2.34. The summed E-state index contributed by atoms with van der Waals surface area (Å²) >= 11 is 0. The molecule has 120 valence electrons. The first-order chi connectivity index (χ1) is 10.2. The summed E-state index contributed by atoms with van der Waals surface area (Å²) in [7, 11) is 0. The van der Waals surface area contributed by atoms with Crippen molar-refractivity contribution in [2.75, 3.05) is 0 Å². The number of hydrogen-bond acceptors (Lipinski definition) is 4. The molecule has 1 fully saturated rings. The van der Waals surface area contributed by atoms with Crippen LogP contribution in [0.4, 0.5) is 9.59 Å². The van der Waals surface area contributed by atoms with Gasteiger partial charge in [0.2, 0.25) is 0 Å². The average molecular weight is 306 g/mol. The molecular formula is C16H22N2O4. The first-order valence-corrected chi connectivity index (χ1v) is 7.25. The van der Waals surface area contributed by atoms with Crippen molar-refractivity contribution in [3.8, 4) is 0 Å². The van der Waals surface area contributed by atoms with Crippen molar-refractivity contribution in [2.45, 2.75) is 51.4 Å². The van der Waals surface area contributed by atoms with Crippen molar-refractivity contribution in [2.24, 2.45) is 5.73 Å². The molecule has 2 atom stereocenters. The Morgan fingerprint density at radius 2 is 1.91 bits per heavy atom. The van der Waals surface area contributed by atoms with E-state index in [2.05, 4.69) is 5.32 Å². The fourth-order valence-electron chi connectivity index (χ4n) is 2.20. The van der Waals surface area contributed by atoms with Gasteiger partial charge in [0.1, 0.15) is 12.2 Å². The minimum atomic E-state index is -0.784. The minimum Gasteiger partial charge on any atom is -0.445 e. The van der Waals surface area contributed by atoms with E-state index in [0.717, 1.165) is 17.5 Å². The maximum absolute atomic E-state index is 11.7. The van der Waals surface area contributed by atoms with E-state index in [1.54, 1.807) is 0 Å². The maximum Gasteiger partial charge on any atom is 0.407 e. The Kier molecular flexibility index (Phi) is 4.59. The van der Waals surface area contributed by atoms with Crippen molar-refractivity contribution in [3.63, 3.8) is 0 Å². The number of benzene rings is 1. The van der Waals surface area contributed by atoms with E-state index in [9.17, 15) is 9.59 Å².